The molecule has 0 N–H and O–H groups in total. The van der Waals surface area contributed by atoms with Crippen LogP contribution in [-0.2, 0) is 6.54 Å². The summed E-state index contributed by atoms with van der Waals surface area (Å²) in [5, 5.41) is 0. The van der Waals surface area contributed by atoms with Crippen molar-refractivity contribution in [2.75, 3.05) is 6.54 Å². The Kier molecular flexibility index (Phi) is 5.06. The van der Waals surface area contributed by atoms with E-state index in [1.54, 1.807) is 0 Å². The van der Waals surface area contributed by atoms with Crippen molar-refractivity contribution in [3.05, 3.63) is 35.9 Å². The molecule has 1 fully saturated rings. The summed E-state index contributed by atoms with van der Waals surface area (Å²) >= 11 is 0. The summed E-state index contributed by atoms with van der Waals surface area (Å²) in [5.41, 5.74) is 1.46. The summed E-state index contributed by atoms with van der Waals surface area (Å²) in [6.45, 7) is 4.61. The Bertz CT molecular complexity index is 299. The number of benzene rings is 1. The monoisotopic (exact) mass is 231 g/mol. The van der Waals surface area contributed by atoms with E-state index in [4.69, 9.17) is 0 Å². The Morgan fingerprint density at radius 3 is 2.24 bits per heavy atom. The van der Waals surface area contributed by atoms with Crippen LogP contribution in [0.15, 0.2) is 30.3 Å². The van der Waals surface area contributed by atoms with Gasteiger partial charge in [-0.15, -0.1) is 0 Å². The van der Waals surface area contributed by atoms with Gasteiger partial charge in [0.1, 0.15) is 0 Å². The molecule has 17 heavy (non-hydrogen) atoms. The summed E-state index contributed by atoms with van der Waals surface area (Å²) in [6.07, 6.45) is 8.55. The Balaban J connectivity index is 1.95. The first-order valence-electron chi connectivity index (χ1n) is 7.18. The number of hydrogen-bond donors (Lipinski definition) is 0. The summed E-state index contributed by atoms with van der Waals surface area (Å²) in [6, 6.07) is 11.7. The Hall–Kier alpha value is -0.820. The van der Waals surface area contributed by atoms with E-state index in [2.05, 4.69) is 42.2 Å². The maximum absolute atomic E-state index is 2.67. The van der Waals surface area contributed by atoms with Crippen LogP contribution in [0.2, 0.25) is 0 Å². The molecule has 2 rings (SSSR count). The maximum Gasteiger partial charge on any atom is 0.0236 e. The summed E-state index contributed by atoms with van der Waals surface area (Å²) in [4.78, 5) is 2.67. The van der Waals surface area contributed by atoms with E-state index in [0.29, 0.717) is 0 Å². The second kappa shape index (κ2) is 6.80. The quantitative estimate of drug-likeness (QED) is 0.701. The van der Waals surface area contributed by atoms with Gasteiger partial charge < -0.3 is 0 Å². The highest BCUT2D eigenvalue weighted by molar-refractivity contribution is 5.14. The SMILES string of the molecule is CCN(Cc1ccccc1)C1CCCCCC1. The topological polar surface area (TPSA) is 3.24 Å². The molecule has 0 atom stereocenters. The average Bonchev–Trinajstić information content (AvgIpc) is 2.66. The molecule has 1 aromatic carbocycles. The van der Waals surface area contributed by atoms with Crippen molar-refractivity contribution in [3.8, 4) is 0 Å². The van der Waals surface area contributed by atoms with E-state index in [0.717, 1.165) is 12.6 Å². The van der Waals surface area contributed by atoms with Crippen LogP contribution in [0.1, 0.15) is 51.0 Å². The summed E-state index contributed by atoms with van der Waals surface area (Å²) in [7, 11) is 0. The van der Waals surface area contributed by atoms with Gasteiger partial charge in [-0.25, -0.2) is 0 Å². The number of rotatable bonds is 4. The van der Waals surface area contributed by atoms with Crippen LogP contribution >= 0.6 is 0 Å². The van der Waals surface area contributed by atoms with Crippen molar-refractivity contribution in [3.63, 3.8) is 0 Å². The fourth-order valence-electron chi connectivity index (χ4n) is 2.94. The van der Waals surface area contributed by atoms with Gasteiger partial charge in [0.15, 0.2) is 0 Å². The molecule has 0 aliphatic heterocycles. The normalized spacial score (nSPS) is 18.2. The zero-order valence-corrected chi connectivity index (χ0v) is 11.1. The van der Waals surface area contributed by atoms with Gasteiger partial charge in [-0.05, 0) is 24.9 Å². The lowest BCUT2D eigenvalue weighted by Gasteiger charge is -2.30. The van der Waals surface area contributed by atoms with Gasteiger partial charge in [0.2, 0.25) is 0 Å². The maximum atomic E-state index is 2.67. The predicted octanol–water partition coefficient (Wildman–Crippen LogP) is 4.23. The van der Waals surface area contributed by atoms with E-state index in [1.807, 2.05) is 0 Å². The predicted molar refractivity (Wildman–Crippen MR) is 74.0 cm³/mol. The molecule has 1 heteroatoms. The molecule has 1 saturated carbocycles. The van der Waals surface area contributed by atoms with Crippen molar-refractivity contribution in [1.29, 1.82) is 0 Å². The van der Waals surface area contributed by atoms with Gasteiger partial charge in [-0.2, -0.15) is 0 Å². The molecule has 0 amide bonds. The summed E-state index contributed by atoms with van der Waals surface area (Å²) < 4.78 is 0. The van der Waals surface area contributed by atoms with Crippen molar-refractivity contribution in [1.82, 2.24) is 4.90 Å². The zero-order valence-electron chi connectivity index (χ0n) is 11.1. The second-order valence-electron chi connectivity index (χ2n) is 5.19. The molecule has 0 bridgehead atoms. The highest BCUT2D eigenvalue weighted by Crippen LogP contribution is 2.23. The average molecular weight is 231 g/mol. The summed E-state index contributed by atoms with van der Waals surface area (Å²) in [5.74, 6) is 0. The second-order valence-corrected chi connectivity index (χ2v) is 5.19. The first-order valence-corrected chi connectivity index (χ1v) is 7.18. The number of nitrogens with zero attached hydrogens (tertiary/aromatic N) is 1. The molecule has 1 nitrogen and oxygen atoms in total. The zero-order chi connectivity index (χ0) is 11.9. The third-order valence-electron chi connectivity index (χ3n) is 3.98. The van der Waals surface area contributed by atoms with E-state index in [-0.39, 0.29) is 0 Å². The molecular weight excluding hydrogens is 206 g/mol. The van der Waals surface area contributed by atoms with Gasteiger partial charge in [0, 0.05) is 12.6 Å². The molecule has 0 heterocycles. The molecular formula is C16H25N. The number of hydrogen-bond acceptors (Lipinski definition) is 1. The molecule has 0 unspecified atom stereocenters. The third-order valence-corrected chi connectivity index (χ3v) is 3.98. The molecule has 0 aromatic heterocycles. The van der Waals surface area contributed by atoms with Crippen molar-refractivity contribution >= 4 is 0 Å². The lowest BCUT2D eigenvalue weighted by molar-refractivity contribution is 0.179. The fourth-order valence-corrected chi connectivity index (χ4v) is 2.94. The lowest BCUT2D eigenvalue weighted by atomic mass is 10.1. The Labute approximate surface area is 106 Å². The molecule has 1 aliphatic rings. The first-order chi connectivity index (χ1) is 8.40. The Morgan fingerprint density at radius 2 is 1.65 bits per heavy atom. The van der Waals surface area contributed by atoms with Gasteiger partial charge >= 0.3 is 0 Å². The minimum atomic E-state index is 0.822. The van der Waals surface area contributed by atoms with Crippen LogP contribution < -0.4 is 0 Å². The Morgan fingerprint density at radius 1 is 1.00 bits per heavy atom. The highest BCUT2D eigenvalue weighted by atomic mass is 15.1. The largest absolute Gasteiger partial charge is 0.296 e. The minimum Gasteiger partial charge on any atom is -0.296 e. The van der Waals surface area contributed by atoms with Crippen LogP contribution in [0.4, 0.5) is 0 Å². The van der Waals surface area contributed by atoms with Crippen LogP contribution in [0.25, 0.3) is 0 Å². The standard InChI is InChI=1S/C16H25N/c1-2-17(14-15-10-6-5-7-11-15)16-12-8-3-4-9-13-16/h5-7,10-11,16H,2-4,8-9,12-14H2,1H3. The van der Waals surface area contributed by atoms with Crippen molar-refractivity contribution < 1.29 is 0 Å². The third kappa shape index (κ3) is 3.85. The highest BCUT2D eigenvalue weighted by Gasteiger charge is 2.18. The fraction of sp³-hybridized carbons (Fsp3) is 0.625. The van der Waals surface area contributed by atoms with E-state index >= 15 is 0 Å². The molecule has 94 valence electrons. The van der Waals surface area contributed by atoms with Crippen LogP contribution in [0.3, 0.4) is 0 Å². The lowest BCUT2D eigenvalue weighted by Crippen LogP contribution is -2.34. The van der Waals surface area contributed by atoms with E-state index < -0.39 is 0 Å². The van der Waals surface area contributed by atoms with Crippen LogP contribution in [-0.4, -0.2) is 17.5 Å². The van der Waals surface area contributed by atoms with Crippen LogP contribution in [0, 0.1) is 0 Å². The van der Waals surface area contributed by atoms with Crippen LogP contribution in [0.5, 0.6) is 0 Å². The molecule has 1 aromatic rings. The first kappa shape index (κ1) is 12.6. The van der Waals surface area contributed by atoms with Crippen molar-refractivity contribution in [2.45, 2.75) is 58.0 Å². The van der Waals surface area contributed by atoms with Gasteiger partial charge in [-0.1, -0.05) is 62.9 Å². The van der Waals surface area contributed by atoms with Gasteiger partial charge in [0.25, 0.3) is 0 Å². The minimum absolute atomic E-state index is 0.822. The molecule has 0 spiro atoms. The molecule has 1 aliphatic carbocycles. The smallest absolute Gasteiger partial charge is 0.0236 e. The molecule has 0 saturated heterocycles. The van der Waals surface area contributed by atoms with Crippen molar-refractivity contribution in [2.24, 2.45) is 0 Å². The van der Waals surface area contributed by atoms with Gasteiger partial charge in [0.05, 0.1) is 0 Å². The van der Waals surface area contributed by atoms with Gasteiger partial charge in [-0.3, -0.25) is 4.90 Å². The molecule has 0 radical (unpaired) electrons. The van der Waals surface area contributed by atoms with E-state index in [9.17, 15) is 0 Å². The van der Waals surface area contributed by atoms with E-state index in [1.165, 1.54) is 50.6 Å².